The number of thioether (sulfide) groups is 1. The zero-order valence-electron chi connectivity index (χ0n) is 13.1. The molecule has 118 valence electrons. The summed E-state index contributed by atoms with van der Waals surface area (Å²) >= 11 is 3.33. The highest BCUT2D eigenvalue weighted by Gasteiger charge is 2.11. The second-order valence-electron chi connectivity index (χ2n) is 5.11. The molecule has 1 heterocycles. The van der Waals surface area contributed by atoms with E-state index in [9.17, 15) is 4.79 Å². The Morgan fingerprint density at radius 3 is 2.86 bits per heavy atom. The second kappa shape index (κ2) is 8.96. The summed E-state index contributed by atoms with van der Waals surface area (Å²) in [6.07, 6.45) is 3.35. The normalized spacial score (nSPS) is 10.6. The topological polar surface area (TPSA) is 42.0 Å². The van der Waals surface area contributed by atoms with Crippen molar-refractivity contribution in [2.75, 3.05) is 6.54 Å². The van der Waals surface area contributed by atoms with Crippen molar-refractivity contribution in [3.05, 3.63) is 45.9 Å². The van der Waals surface area contributed by atoms with Crippen molar-refractivity contribution in [2.45, 2.75) is 43.8 Å². The first kappa shape index (κ1) is 17.0. The van der Waals surface area contributed by atoms with E-state index in [1.54, 1.807) is 23.1 Å². The van der Waals surface area contributed by atoms with Gasteiger partial charge < -0.3 is 5.32 Å². The summed E-state index contributed by atoms with van der Waals surface area (Å²) in [5.74, 6) is 0.818. The molecule has 0 aliphatic heterocycles. The van der Waals surface area contributed by atoms with Crippen LogP contribution in [0.2, 0.25) is 0 Å². The number of rotatable bonds is 8. The monoisotopic (exact) mass is 334 g/mol. The van der Waals surface area contributed by atoms with Crippen LogP contribution in [-0.4, -0.2) is 17.4 Å². The molecule has 5 heteroatoms. The average Bonchev–Trinajstić information content (AvgIpc) is 2.95. The van der Waals surface area contributed by atoms with E-state index in [-0.39, 0.29) is 5.91 Å². The average molecular weight is 335 g/mol. The molecular weight excluding hydrogens is 312 g/mol. The summed E-state index contributed by atoms with van der Waals surface area (Å²) in [4.78, 5) is 17.8. The van der Waals surface area contributed by atoms with Crippen molar-refractivity contribution in [3.8, 4) is 0 Å². The largest absolute Gasteiger partial charge is 0.352 e. The first-order chi connectivity index (χ1) is 10.7. The molecule has 0 spiro atoms. The summed E-state index contributed by atoms with van der Waals surface area (Å²) in [6, 6.07) is 7.79. The number of hydrogen-bond donors (Lipinski definition) is 1. The van der Waals surface area contributed by atoms with Gasteiger partial charge in [-0.1, -0.05) is 31.9 Å². The van der Waals surface area contributed by atoms with Gasteiger partial charge in [0.05, 0.1) is 16.3 Å². The minimum Gasteiger partial charge on any atom is -0.352 e. The lowest BCUT2D eigenvalue weighted by Crippen LogP contribution is -2.24. The van der Waals surface area contributed by atoms with Gasteiger partial charge in [0.2, 0.25) is 0 Å². The SMILES string of the molecule is CCCCCNC(=O)c1ccccc1SCc1csc(C)n1. The highest BCUT2D eigenvalue weighted by molar-refractivity contribution is 7.98. The second-order valence-corrected chi connectivity index (χ2v) is 7.19. The van der Waals surface area contributed by atoms with Gasteiger partial charge in [-0.2, -0.15) is 0 Å². The van der Waals surface area contributed by atoms with Crippen LogP contribution in [0.3, 0.4) is 0 Å². The lowest BCUT2D eigenvalue weighted by Gasteiger charge is -2.09. The van der Waals surface area contributed by atoms with Crippen LogP contribution >= 0.6 is 23.1 Å². The van der Waals surface area contributed by atoms with Crippen molar-refractivity contribution in [3.63, 3.8) is 0 Å². The Morgan fingerprint density at radius 1 is 1.32 bits per heavy atom. The zero-order valence-corrected chi connectivity index (χ0v) is 14.7. The molecule has 0 unspecified atom stereocenters. The van der Waals surface area contributed by atoms with E-state index in [2.05, 4.69) is 22.6 Å². The van der Waals surface area contributed by atoms with Gasteiger partial charge in [-0.05, 0) is 25.5 Å². The maximum absolute atomic E-state index is 12.3. The molecule has 0 aliphatic carbocycles. The van der Waals surface area contributed by atoms with Crippen molar-refractivity contribution in [1.29, 1.82) is 0 Å². The van der Waals surface area contributed by atoms with Gasteiger partial charge in [0.1, 0.15) is 0 Å². The molecule has 0 saturated heterocycles. The molecule has 0 saturated carbocycles. The van der Waals surface area contributed by atoms with Crippen molar-refractivity contribution < 1.29 is 4.79 Å². The van der Waals surface area contributed by atoms with Gasteiger partial charge in [-0.25, -0.2) is 4.98 Å². The summed E-state index contributed by atoms with van der Waals surface area (Å²) < 4.78 is 0. The minimum absolute atomic E-state index is 0.0219. The van der Waals surface area contributed by atoms with Crippen molar-refractivity contribution >= 4 is 29.0 Å². The Kier molecular flexibility index (Phi) is 6.93. The number of benzene rings is 1. The fraction of sp³-hybridized carbons (Fsp3) is 0.412. The molecular formula is C17H22N2OS2. The van der Waals surface area contributed by atoms with E-state index in [1.807, 2.05) is 31.2 Å². The van der Waals surface area contributed by atoms with Crippen LogP contribution in [0, 0.1) is 6.92 Å². The maximum atomic E-state index is 12.3. The number of carbonyl (C=O) groups is 1. The number of nitrogens with zero attached hydrogens (tertiary/aromatic N) is 1. The smallest absolute Gasteiger partial charge is 0.252 e. The molecule has 1 N–H and O–H groups in total. The lowest BCUT2D eigenvalue weighted by atomic mass is 10.2. The van der Waals surface area contributed by atoms with Gasteiger partial charge in [-0.3, -0.25) is 4.79 Å². The Morgan fingerprint density at radius 2 is 2.14 bits per heavy atom. The molecule has 3 nitrogen and oxygen atoms in total. The number of thiazole rings is 1. The van der Waals surface area contributed by atoms with Crippen LogP contribution < -0.4 is 5.32 Å². The predicted octanol–water partition coefficient (Wildman–Crippen LogP) is 4.66. The van der Waals surface area contributed by atoms with Crippen molar-refractivity contribution in [2.24, 2.45) is 0 Å². The highest BCUT2D eigenvalue weighted by Crippen LogP contribution is 2.26. The van der Waals surface area contributed by atoms with E-state index in [1.165, 1.54) is 0 Å². The highest BCUT2D eigenvalue weighted by atomic mass is 32.2. The summed E-state index contributed by atoms with van der Waals surface area (Å²) in [6.45, 7) is 4.92. The van der Waals surface area contributed by atoms with Crippen LogP contribution in [0.4, 0.5) is 0 Å². The van der Waals surface area contributed by atoms with Crippen LogP contribution in [0.5, 0.6) is 0 Å². The van der Waals surface area contributed by atoms with E-state index in [0.29, 0.717) is 0 Å². The first-order valence-corrected chi connectivity index (χ1v) is 9.48. The molecule has 0 aliphatic rings. The Balaban J connectivity index is 1.95. The number of hydrogen-bond acceptors (Lipinski definition) is 4. The molecule has 1 aromatic heterocycles. The van der Waals surface area contributed by atoms with Gasteiger partial charge in [0.15, 0.2) is 0 Å². The number of aromatic nitrogens is 1. The van der Waals surface area contributed by atoms with Crippen LogP contribution in [0.1, 0.15) is 47.2 Å². The molecule has 0 atom stereocenters. The number of amides is 1. The molecule has 2 rings (SSSR count). The first-order valence-electron chi connectivity index (χ1n) is 7.61. The molecule has 0 fully saturated rings. The van der Waals surface area contributed by atoms with E-state index in [0.717, 1.165) is 52.7 Å². The minimum atomic E-state index is 0.0219. The van der Waals surface area contributed by atoms with E-state index in [4.69, 9.17) is 0 Å². The van der Waals surface area contributed by atoms with Crippen LogP contribution in [-0.2, 0) is 5.75 Å². The Hall–Kier alpha value is -1.33. The summed E-state index contributed by atoms with van der Waals surface area (Å²) in [5.41, 5.74) is 1.83. The molecule has 22 heavy (non-hydrogen) atoms. The van der Waals surface area contributed by atoms with E-state index < -0.39 is 0 Å². The van der Waals surface area contributed by atoms with E-state index >= 15 is 0 Å². The number of carbonyl (C=O) groups excluding carboxylic acids is 1. The Labute approximate surface area is 140 Å². The number of aryl methyl sites for hydroxylation is 1. The van der Waals surface area contributed by atoms with Gasteiger partial charge in [0.25, 0.3) is 5.91 Å². The standard InChI is InChI=1S/C17H22N2OS2/c1-3-4-7-10-18-17(20)15-8-5-6-9-16(15)22-12-14-11-21-13(2)19-14/h5-6,8-9,11H,3-4,7,10,12H2,1-2H3,(H,18,20). The lowest BCUT2D eigenvalue weighted by molar-refractivity contribution is 0.0950. The molecule has 1 amide bonds. The zero-order chi connectivity index (χ0) is 15.8. The summed E-state index contributed by atoms with van der Waals surface area (Å²) in [7, 11) is 0. The van der Waals surface area contributed by atoms with Crippen LogP contribution in [0.15, 0.2) is 34.5 Å². The number of unbranched alkanes of at least 4 members (excludes halogenated alkanes) is 2. The fourth-order valence-electron chi connectivity index (χ4n) is 2.08. The number of nitrogens with one attached hydrogen (secondary N) is 1. The van der Waals surface area contributed by atoms with Gasteiger partial charge >= 0.3 is 0 Å². The molecule has 0 bridgehead atoms. The fourth-order valence-corrected chi connectivity index (χ4v) is 3.74. The van der Waals surface area contributed by atoms with Gasteiger partial charge in [0, 0.05) is 22.6 Å². The third kappa shape index (κ3) is 5.14. The predicted molar refractivity (Wildman–Crippen MR) is 94.7 cm³/mol. The molecule has 2 aromatic rings. The quantitative estimate of drug-likeness (QED) is 0.564. The molecule has 1 aromatic carbocycles. The third-order valence-electron chi connectivity index (χ3n) is 3.24. The third-order valence-corrected chi connectivity index (χ3v) is 5.17. The van der Waals surface area contributed by atoms with Crippen molar-refractivity contribution in [1.82, 2.24) is 10.3 Å². The summed E-state index contributed by atoms with van der Waals surface area (Å²) in [5, 5.41) is 6.17. The maximum Gasteiger partial charge on any atom is 0.252 e. The van der Waals surface area contributed by atoms with Gasteiger partial charge in [-0.15, -0.1) is 23.1 Å². The van der Waals surface area contributed by atoms with Crippen LogP contribution in [0.25, 0.3) is 0 Å². The molecule has 0 radical (unpaired) electrons. The Bertz CT molecular complexity index is 610.